The summed E-state index contributed by atoms with van der Waals surface area (Å²) in [6, 6.07) is 7.01. The first-order valence-corrected chi connectivity index (χ1v) is 6.43. The molecule has 0 radical (unpaired) electrons. The summed E-state index contributed by atoms with van der Waals surface area (Å²) in [4.78, 5) is 12.1. The van der Waals surface area contributed by atoms with Gasteiger partial charge in [0.05, 0.1) is 19.2 Å². The standard InChI is InChI=1S/C13H13BrN2O3/c1-8-5-10(16-19-8)7-15-13(17)11-4-3-9(14)6-12(11)18-2/h3-6H,7H2,1-2H3,(H,15,17). The maximum Gasteiger partial charge on any atom is 0.255 e. The molecule has 100 valence electrons. The molecule has 2 rings (SSSR count). The molecule has 0 bridgehead atoms. The zero-order valence-corrected chi connectivity index (χ0v) is 12.2. The Morgan fingerprint density at radius 3 is 2.89 bits per heavy atom. The number of rotatable bonds is 4. The Kier molecular flexibility index (Phi) is 4.21. The van der Waals surface area contributed by atoms with Crippen LogP contribution >= 0.6 is 15.9 Å². The van der Waals surface area contributed by atoms with Gasteiger partial charge in [-0.25, -0.2) is 0 Å². The summed E-state index contributed by atoms with van der Waals surface area (Å²) in [7, 11) is 1.53. The van der Waals surface area contributed by atoms with E-state index in [1.165, 1.54) is 7.11 Å². The first-order valence-electron chi connectivity index (χ1n) is 5.64. The second-order valence-electron chi connectivity index (χ2n) is 3.96. The van der Waals surface area contributed by atoms with Crippen molar-refractivity contribution in [1.29, 1.82) is 0 Å². The molecular formula is C13H13BrN2O3. The van der Waals surface area contributed by atoms with Gasteiger partial charge in [0.25, 0.3) is 5.91 Å². The summed E-state index contributed by atoms with van der Waals surface area (Å²) in [5, 5.41) is 6.58. The smallest absolute Gasteiger partial charge is 0.255 e. The van der Waals surface area contributed by atoms with Crippen molar-refractivity contribution in [1.82, 2.24) is 10.5 Å². The number of methoxy groups -OCH3 is 1. The fourth-order valence-electron chi connectivity index (χ4n) is 1.62. The summed E-state index contributed by atoms with van der Waals surface area (Å²) in [5.41, 5.74) is 1.16. The Balaban J connectivity index is 2.07. The quantitative estimate of drug-likeness (QED) is 0.939. The summed E-state index contributed by atoms with van der Waals surface area (Å²) in [5.74, 6) is 1.01. The van der Waals surface area contributed by atoms with E-state index in [9.17, 15) is 4.79 Å². The number of nitrogens with zero attached hydrogens (tertiary/aromatic N) is 1. The lowest BCUT2D eigenvalue weighted by Crippen LogP contribution is -2.23. The molecule has 2 aromatic rings. The van der Waals surface area contributed by atoms with Crippen LogP contribution in [0.5, 0.6) is 5.75 Å². The summed E-state index contributed by atoms with van der Waals surface area (Å²) < 4.78 is 11.0. The third kappa shape index (κ3) is 3.35. The average Bonchev–Trinajstić information content (AvgIpc) is 2.81. The molecule has 1 N–H and O–H groups in total. The van der Waals surface area contributed by atoms with Gasteiger partial charge >= 0.3 is 0 Å². The Hall–Kier alpha value is -1.82. The molecule has 0 aliphatic heterocycles. The van der Waals surface area contributed by atoms with Crippen molar-refractivity contribution in [2.24, 2.45) is 0 Å². The van der Waals surface area contributed by atoms with Gasteiger partial charge in [0.15, 0.2) is 0 Å². The SMILES string of the molecule is COc1cc(Br)ccc1C(=O)NCc1cc(C)on1. The number of nitrogens with one attached hydrogen (secondary N) is 1. The van der Waals surface area contributed by atoms with E-state index in [2.05, 4.69) is 26.4 Å². The highest BCUT2D eigenvalue weighted by molar-refractivity contribution is 9.10. The van der Waals surface area contributed by atoms with Crippen molar-refractivity contribution >= 4 is 21.8 Å². The number of aromatic nitrogens is 1. The lowest BCUT2D eigenvalue weighted by molar-refractivity contribution is 0.0947. The number of benzene rings is 1. The van der Waals surface area contributed by atoms with Crippen LogP contribution in [0.2, 0.25) is 0 Å². The van der Waals surface area contributed by atoms with Crippen molar-refractivity contribution in [2.45, 2.75) is 13.5 Å². The number of carbonyl (C=O) groups is 1. The Morgan fingerprint density at radius 1 is 1.47 bits per heavy atom. The maximum atomic E-state index is 12.1. The second-order valence-corrected chi connectivity index (χ2v) is 4.87. The van der Waals surface area contributed by atoms with Gasteiger partial charge in [-0.2, -0.15) is 0 Å². The van der Waals surface area contributed by atoms with Gasteiger partial charge in [0.1, 0.15) is 17.2 Å². The van der Waals surface area contributed by atoms with Crippen LogP contribution in [-0.2, 0) is 6.54 Å². The minimum absolute atomic E-state index is 0.218. The first kappa shape index (κ1) is 13.6. The van der Waals surface area contributed by atoms with E-state index >= 15 is 0 Å². The van der Waals surface area contributed by atoms with E-state index in [0.29, 0.717) is 29.3 Å². The number of hydrogen-bond donors (Lipinski definition) is 1. The monoisotopic (exact) mass is 324 g/mol. The van der Waals surface area contributed by atoms with E-state index in [1.807, 2.05) is 0 Å². The molecule has 6 heteroatoms. The highest BCUT2D eigenvalue weighted by Gasteiger charge is 2.12. The van der Waals surface area contributed by atoms with Gasteiger partial charge in [-0.05, 0) is 25.1 Å². The van der Waals surface area contributed by atoms with Crippen LogP contribution in [0.4, 0.5) is 0 Å². The molecule has 0 spiro atoms. The van der Waals surface area contributed by atoms with Crippen LogP contribution in [0, 0.1) is 6.92 Å². The lowest BCUT2D eigenvalue weighted by atomic mass is 10.2. The van der Waals surface area contributed by atoms with E-state index in [4.69, 9.17) is 9.26 Å². The molecule has 0 saturated carbocycles. The molecule has 1 heterocycles. The largest absolute Gasteiger partial charge is 0.496 e. The van der Waals surface area contributed by atoms with Crippen LogP contribution in [0.1, 0.15) is 21.8 Å². The van der Waals surface area contributed by atoms with E-state index in [-0.39, 0.29) is 5.91 Å². The molecule has 0 fully saturated rings. The number of hydrogen-bond acceptors (Lipinski definition) is 4. The average molecular weight is 325 g/mol. The first-order chi connectivity index (χ1) is 9.10. The van der Waals surface area contributed by atoms with Gasteiger partial charge in [0.2, 0.25) is 0 Å². The topological polar surface area (TPSA) is 64.4 Å². The second kappa shape index (κ2) is 5.88. The third-order valence-electron chi connectivity index (χ3n) is 2.52. The van der Waals surface area contributed by atoms with Crippen LogP contribution in [0.3, 0.4) is 0 Å². The molecule has 0 unspecified atom stereocenters. The molecule has 1 aromatic carbocycles. The molecular weight excluding hydrogens is 312 g/mol. The van der Waals surface area contributed by atoms with E-state index in [0.717, 1.165) is 4.47 Å². The third-order valence-corrected chi connectivity index (χ3v) is 3.01. The molecule has 19 heavy (non-hydrogen) atoms. The van der Waals surface area contributed by atoms with Crippen molar-refractivity contribution in [2.75, 3.05) is 7.11 Å². The zero-order chi connectivity index (χ0) is 13.8. The van der Waals surface area contributed by atoms with Crippen LogP contribution in [-0.4, -0.2) is 18.2 Å². The molecule has 0 atom stereocenters. The van der Waals surface area contributed by atoms with Crippen molar-refractivity contribution in [3.05, 3.63) is 45.8 Å². The van der Waals surface area contributed by atoms with E-state index in [1.54, 1.807) is 31.2 Å². The van der Waals surface area contributed by atoms with Crippen LogP contribution in [0.15, 0.2) is 33.3 Å². The highest BCUT2D eigenvalue weighted by atomic mass is 79.9. The molecule has 0 saturated heterocycles. The van der Waals surface area contributed by atoms with Crippen molar-refractivity contribution < 1.29 is 14.1 Å². The van der Waals surface area contributed by atoms with Gasteiger partial charge < -0.3 is 14.6 Å². The summed E-state index contributed by atoms with van der Waals surface area (Å²) in [6.45, 7) is 2.12. The van der Waals surface area contributed by atoms with Crippen molar-refractivity contribution in [3.63, 3.8) is 0 Å². The zero-order valence-electron chi connectivity index (χ0n) is 10.6. The van der Waals surface area contributed by atoms with Gasteiger partial charge in [-0.3, -0.25) is 4.79 Å². The van der Waals surface area contributed by atoms with E-state index < -0.39 is 0 Å². The minimum atomic E-state index is -0.218. The molecule has 1 aromatic heterocycles. The predicted octanol–water partition coefficient (Wildman–Crippen LogP) is 2.68. The molecule has 0 aliphatic rings. The molecule has 1 amide bonds. The number of aryl methyl sites for hydroxylation is 1. The number of carbonyl (C=O) groups excluding carboxylic acids is 1. The van der Waals surface area contributed by atoms with Crippen molar-refractivity contribution in [3.8, 4) is 5.75 Å². The normalized spacial score (nSPS) is 10.3. The fraction of sp³-hybridized carbons (Fsp3) is 0.231. The maximum absolute atomic E-state index is 12.1. The Morgan fingerprint density at radius 2 is 2.26 bits per heavy atom. The molecule has 0 aliphatic carbocycles. The summed E-state index contributed by atoms with van der Waals surface area (Å²) >= 11 is 3.33. The fourth-order valence-corrected chi connectivity index (χ4v) is 1.96. The Labute approximate surface area is 119 Å². The summed E-state index contributed by atoms with van der Waals surface area (Å²) in [6.07, 6.45) is 0. The number of ether oxygens (including phenoxy) is 1. The van der Waals surface area contributed by atoms with Crippen LogP contribution < -0.4 is 10.1 Å². The number of amides is 1. The Bertz CT molecular complexity index is 595. The highest BCUT2D eigenvalue weighted by Crippen LogP contribution is 2.23. The lowest BCUT2D eigenvalue weighted by Gasteiger charge is -2.08. The van der Waals surface area contributed by atoms with Crippen LogP contribution in [0.25, 0.3) is 0 Å². The van der Waals surface area contributed by atoms with Gasteiger partial charge in [0, 0.05) is 10.5 Å². The molecule has 5 nitrogen and oxygen atoms in total. The minimum Gasteiger partial charge on any atom is -0.496 e. The predicted molar refractivity (Wildman–Crippen MR) is 73.1 cm³/mol. The van der Waals surface area contributed by atoms with Gasteiger partial charge in [-0.15, -0.1) is 0 Å². The van der Waals surface area contributed by atoms with Gasteiger partial charge in [-0.1, -0.05) is 21.1 Å². The number of halogens is 1.